The van der Waals surface area contributed by atoms with Crippen molar-refractivity contribution in [2.24, 2.45) is 28.6 Å². The molecule has 5 fully saturated rings. The van der Waals surface area contributed by atoms with Gasteiger partial charge in [0, 0.05) is 36.0 Å². The maximum absolute atomic E-state index is 13.2. The Hall–Kier alpha value is -1.69. The molecule has 4 aliphatic carbocycles. The molecule has 2 spiro atoms. The van der Waals surface area contributed by atoms with Crippen LogP contribution in [0.25, 0.3) is 0 Å². The Morgan fingerprint density at radius 1 is 1.19 bits per heavy atom. The molecule has 0 radical (unpaired) electrons. The summed E-state index contributed by atoms with van der Waals surface area (Å²) in [5.74, 6) is -0.245. The van der Waals surface area contributed by atoms with Crippen LogP contribution in [0.3, 0.4) is 0 Å². The van der Waals surface area contributed by atoms with E-state index in [4.69, 9.17) is 14.2 Å². The van der Waals surface area contributed by atoms with Crippen LogP contribution < -0.4 is 0 Å². The molecule has 2 aliphatic heterocycles. The highest BCUT2D eigenvalue weighted by atomic mass is 16.6. The fourth-order valence-corrected chi connectivity index (χ4v) is 8.70. The number of ether oxygens (including phenoxy) is 3. The Labute approximate surface area is 183 Å². The standard InChI is InChI=1S/C25H32O6/c1-4-29-21(28)16-12-14-11-15(26)5-8-22(14,2)25-18(30-25)13-23(3)17(20(16)25)6-9-24(23)10-7-19(27)31-24/h12,16-18,20H,4-11,13H2,1-3H3/t16-,17+,18-,20+,22+,23+,24-,25-/m1/s1. The van der Waals surface area contributed by atoms with E-state index in [-0.39, 0.29) is 46.5 Å². The largest absolute Gasteiger partial charge is 0.466 e. The van der Waals surface area contributed by atoms with Crippen LogP contribution in [0, 0.1) is 28.6 Å². The molecule has 0 aromatic carbocycles. The number of esters is 2. The number of carbonyl (C=O) groups is 3. The third-order valence-electron chi connectivity index (χ3n) is 10.2. The number of epoxide rings is 1. The smallest absolute Gasteiger partial charge is 0.313 e. The summed E-state index contributed by atoms with van der Waals surface area (Å²) in [6.07, 6.45) is 7.77. The number of fused-ring (bicyclic) bond motifs is 4. The molecule has 3 saturated carbocycles. The van der Waals surface area contributed by atoms with E-state index in [2.05, 4.69) is 19.9 Å². The Bertz CT molecular complexity index is 923. The molecule has 8 atom stereocenters. The van der Waals surface area contributed by atoms with Crippen molar-refractivity contribution in [3.05, 3.63) is 11.6 Å². The second kappa shape index (κ2) is 6.00. The lowest BCUT2D eigenvalue weighted by atomic mass is 9.44. The van der Waals surface area contributed by atoms with Gasteiger partial charge in [0.05, 0.1) is 18.6 Å². The van der Waals surface area contributed by atoms with E-state index in [1.807, 2.05) is 6.92 Å². The average molecular weight is 429 g/mol. The SMILES string of the molecule is CCOC(=O)[C@@H]1C=C2CC(=O)CC[C@]2(C)[C@@]23O[C@@H]2C[C@@]2(C)[C@@H](CC[C@@]24CCC(=O)O4)[C@H]13. The molecule has 31 heavy (non-hydrogen) atoms. The van der Waals surface area contributed by atoms with Gasteiger partial charge in [-0.3, -0.25) is 14.4 Å². The number of carbonyl (C=O) groups excluding carboxylic acids is 3. The lowest BCUT2D eigenvalue weighted by Crippen LogP contribution is -2.62. The van der Waals surface area contributed by atoms with Gasteiger partial charge in [-0.2, -0.15) is 0 Å². The number of hydrogen-bond donors (Lipinski definition) is 0. The van der Waals surface area contributed by atoms with Crippen LogP contribution >= 0.6 is 0 Å². The lowest BCUT2D eigenvalue weighted by molar-refractivity contribution is -0.169. The Morgan fingerprint density at radius 3 is 2.71 bits per heavy atom. The van der Waals surface area contributed by atoms with Crippen molar-refractivity contribution in [3.8, 4) is 0 Å². The summed E-state index contributed by atoms with van der Waals surface area (Å²) in [6.45, 7) is 6.69. The van der Waals surface area contributed by atoms with Gasteiger partial charge >= 0.3 is 11.9 Å². The maximum Gasteiger partial charge on any atom is 0.313 e. The highest BCUT2D eigenvalue weighted by molar-refractivity contribution is 5.84. The van der Waals surface area contributed by atoms with Gasteiger partial charge in [-0.25, -0.2) is 0 Å². The first kappa shape index (κ1) is 20.0. The van der Waals surface area contributed by atoms with Crippen molar-refractivity contribution in [1.29, 1.82) is 0 Å². The van der Waals surface area contributed by atoms with Gasteiger partial charge in [0.1, 0.15) is 17.0 Å². The van der Waals surface area contributed by atoms with Gasteiger partial charge in [0.15, 0.2) is 0 Å². The molecule has 6 heteroatoms. The number of Topliss-reactive ketones (excluding diaryl/α,β-unsaturated/α-hetero) is 1. The maximum atomic E-state index is 13.2. The monoisotopic (exact) mass is 428 g/mol. The molecule has 0 amide bonds. The summed E-state index contributed by atoms with van der Waals surface area (Å²) < 4.78 is 18.3. The molecule has 168 valence electrons. The molecule has 6 aliphatic rings. The van der Waals surface area contributed by atoms with E-state index in [9.17, 15) is 14.4 Å². The molecular formula is C25H32O6. The Kier molecular flexibility index (Phi) is 3.86. The van der Waals surface area contributed by atoms with Crippen LogP contribution in [0.4, 0.5) is 0 Å². The minimum Gasteiger partial charge on any atom is -0.466 e. The predicted octanol–water partition coefficient (Wildman–Crippen LogP) is 3.51. The Morgan fingerprint density at radius 2 is 2.00 bits per heavy atom. The molecular weight excluding hydrogens is 396 g/mol. The van der Waals surface area contributed by atoms with Crippen LogP contribution in [0.2, 0.25) is 0 Å². The van der Waals surface area contributed by atoms with Crippen molar-refractivity contribution < 1.29 is 28.6 Å². The second-order valence-corrected chi connectivity index (χ2v) is 11.2. The van der Waals surface area contributed by atoms with Crippen LogP contribution in [0.1, 0.15) is 72.1 Å². The third-order valence-corrected chi connectivity index (χ3v) is 10.2. The summed E-state index contributed by atoms with van der Waals surface area (Å²) in [5, 5.41) is 0. The summed E-state index contributed by atoms with van der Waals surface area (Å²) >= 11 is 0. The molecule has 0 unspecified atom stereocenters. The third kappa shape index (κ3) is 2.20. The summed E-state index contributed by atoms with van der Waals surface area (Å²) in [5.41, 5.74) is -0.189. The second-order valence-electron chi connectivity index (χ2n) is 11.2. The van der Waals surface area contributed by atoms with Crippen molar-refractivity contribution in [1.82, 2.24) is 0 Å². The van der Waals surface area contributed by atoms with Crippen molar-refractivity contribution >= 4 is 17.7 Å². The van der Waals surface area contributed by atoms with E-state index in [1.165, 1.54) is 0 Å². The highest BCUT2D eigenvalue weighted by Gasteiger charge is 2.83. The van der Waals surface area contributed by atoms with E-state index in [0.717, 1.165) is 37.7 Å². The minimum atomic E-state index is -0.431. The fourth-order valence-electron chi connectivity index (χ4n) is 8.70. The molecule has 6 nitrogen and oxygen atoms in total. The summed E-state index contributed by atoms with van der Waals surface area (Å²) in [6, 6.07) is 0. The van der Waals surface area contributed by atoms with Crippen molar-refractivity contribution in [2.75, 3.05) is 6.61 Å². The first-order valence-corrected chi connectivity index (χ1v) is 12.0. The normalized spacial score (nSPS) is 51.9. The van der Waals surface area contributed by atoms with E-state index < -0.39 is 17.1 Å². The zero-order valence-corrected chi connectivity index (χ0v) is 18.7. The number of hydrogen-bond acceptors (Lipinski definition) is 6. The zero-order chi connectivity index (χ0) is 21.8. The lowest BCUT2D eigenvalue weighted by Gasteiger charge is -2.57. The van der Waals surface area contributed by atoms with Gasteiger partial charge in [-0.1, -0.05) is 25.5 Å². The van der Waals surface area contributed by atoms with Crippen LogP contribution in [0.5, 0.6) is 0 Å². The average Bonchev–Trinajstić information content (AvgIpc) is 3.20. The van der Waals surface area contributed by atoms with Gasteiger partial charge in [0.2, 0.25) is 0 Å². The summed E-state index contributed by atoms with van der Waals surface area (Å²) in [7, 11) is 0. The fraction of sp³-hybridized carbons (Fsp3) is 0.800. The van der Waals surface area contributed by atoms with Crippen LogP contribution in [0.15, 0.2) is 11.6 Å². The minimum absolute atomic E-state index is 0.00377. The zero-order valence-electron chi connectivity index (χ0n) is 18.7. The topological polar surface area (TPSA) is 82.2 Å². The molecule has 0 N–H and O–H groups in total. The van der Waals surface area contributed by atoms with Crippen molar-refractivity contribution in [2.45, 2.75) is 89.4 Å². The Balaban J connectivity index is 1.49. The van der Waals surface area contributed by atoms with Crippen molar-refractivity contribution in [3.63, 3.8) is 0 Å². The van der Waals surface area contributed by atoms with Gasteiger partial charge in [0.25, 0.3) is 0 Å². The van der Waals surface area contributed by atoms with Crippen LogP contribution in [-0.2, 0) is 28.6 Å². The molecule has 0 bridgehead atoms. The molecule has 2 saturated heterocycles. The first-order valence-electron chi connectivity index (χ1n) is 12.0. The predicted molar refractivity (Wildman–Crippen MR) is 110 cm³/mol. The van der Waals surface area contributed by atoms with Crippen LogP contribution in [-0.4, -0.2) is 41.6 Å². The quantitative estimate of drug-likeness (QED) is 0.380. The highest BCUT2D eigenvalue weighted by Crippen LogP contribution is 2.77. The van der Waals surface area contributed by atoms with E-state index in [0.29, 0.717) is 25.9 Å². The van der Waals surface area contributed by atoms with Gasteiger partial charge < -0.3 is 14.2 Å². The molecule has 2 heterocycles. The number of ketones is 1. The number of rotatable bonds is 2. The molecule has 0 aromatic rings. The van der Waals surface area contributed by atoms with E-state index in [1.54, 1.807) is 0 Å². The van der Waals surface area contributed by atoms with Gasteiger partial charge in [-0.15, -0.1) is 0 Å². The summed E-state index contributed by atoms with van der Waals surface area (Å²) in [4.78, 5) is 37.7. The van der Waals surface area contributed by atoms with Gasteiger partial charge in [-0.05, 0) is 44.9 Å². The molecule has 0 aromatic heterocycles. The molecule has 6 rings (SSSR count). The first-order chi connectivity index (χ1) is 14.7. The van der Waals surface area contributed by atoms with E-state index >= 15 is 0 Å².